The SMILES string of the molecule is NCCCOc1cc(OCCCN)cc(-c2cc(-c3ccccc3)cc(-c3cc(OCCCN)cc(OCCCN)c3)c2)c1. The number of ether oxygens (including phenoxy) is 4. The summed E-state index contributed by atoms with van der Waals surface area (Å²) in [6.45, 7) is 4.37. The maximum absolute atomic E-state index is 6.07. The molecule has 234 valence electrons. The summed E-state index contributed by atoms with van der Waals surface area (Å²) in [6, 6.07) is 29.0. The smallest absolute Gasteiger partial charge is 0.123 e. The van der Waals surface area contributed by atoms with Crippen LogP contribution in [-0.2, 0) is 0 Å². The lowest BCUT2D eigenvalue weighted by atomic mass is 9.93. The van der Waals surface area contributed by atoms with E-state index in [1.807, 2.05) is 54.6 Å². The molecular weight excluding hydrogens is 552 g/mol. The minimum absolute atomic E-state index is 0.529. The zero-order valence-electron chi connectivity index (χ0n) is 25.5. The molecule has 4 aromatic carbocycles. The van der Waals surface area contributed by atoms with Crippen molar-refractivity contribution in [2.24, 2.45) is 22.9 Å². The van der Waals surface area contributed by atoms with Crippen LogP contribution in [0.5, 0.6) is 23.0 Å². The fraction of sp³-hybridized carbons (Fsp3) is 0.333. The molecule has 0 unspecified atom stereocenters. The molecular formula is C36H46N4O4. The van der Waals surface area contributed by atoms with Crippen molar-refractivity contribution in [3.63, 3.8) is 0 Å². The van der Waals surface area contributed by atoms with Gasteiger partial charge in [0.1, 0.15) is 23.0 Å². The van der Waals surface area contributed by atoms with Crippen molar-refractivity contribution < 1.29 is 18.9 Å². The van der Waals surface area contributed by atoms with Crippen LogP contribution in [0.15, 0.2) is 84.9 Å². The van der Waals surface area contributed by atoms with Gasteiger partial charge in [0.25, 0.3) is 0 Å². The molecule has 4 aromatic rings. The molecule has 0 spiro atoms. The Labute approximate surface area is 261 Å². The molecule has 4 rings (SSSR count). The molecule has 0 amide bonds. The molecule has 0 bridgehead atoms. The Morgan fingerprint density at radius 1 is 0.341 bits per heavy atom. The van der Waals surface area contributed by atoms with Crippen molar-refractivity contribution in [2.45, 2.75) is 25.7 Å². The number of benzene rings is 4. The van der Waals surface area contributed by atoms with Gasteiger partial charge in [0.15, 0.2) is 0 Å². The van der Waals surface area contributed by atoms with E-state index in [0.29, 0.717) is 52.6 Å². The largest absolute Gasteiger partial charge is 0.493 e. The first-order valence-corrected chi connectivity index (χ1v) is 15.5. The highest BCUT2D eigenvalue weighted by molar-refractivity contribution is 5.82. The minimum Gasteiger partial charge on any atom is -0.493 e. The highest BCUT2D eigenvalue weighted by Crippen LogP contribution is 2.38. The fourth-order valence-corrected chi connectivity index (χ4v) is 4.66. The van der Waals surface area contributed by atoms with Crippen molar-refractivity contribution in [1.29, 1.82) is 0 Å². The van der Waals surface area contributed by atoms with Gasteiger partial charge < -0.3 is 41.9 Å². The first-order chi connectivity index (χ1) is 21.6. The molecule has 8 nitrogen and oxygen atoms in total. The first-order valence-electron chi connectivity index (χ1n) is 15.5. The summed E-state index contributed by atoms with van der Waals surface area (Å²) >= 11 is 0. The second-order valence-electron chi connectivity index (χ2n) is 10.5. The van der Waals surface area contributed by atoms with Crippen LogP contribution in [0, 0.1) is 0 Å². The van der Waals surface area contributed by atoms with Gasteiger partial charge in [-0.3, -0.25) is 0 Å². The van der Waals surface area contributed by atoms with Gasteiger partial charge in [0.05, 0.1) is 26.4 Å². The van der Waals surface area contributed by atoms with Crippen LogP contribution in [0.3, 0.4) is 0 Å². The highest BCUT2D eigenvalue weighted by atomic mass is 16.5. The molecule has 0 aliphatic carbocycles. The molecule has 44 heavy (non-hydrogen) atoms. The Morgan fingerprint density at radius 2 is 0.636 bits per heavy atom. The molecule has 0 aliphatic heterocycles. The summed E-state index contributed by atoms with van der Waals surface area (Å²) in [5.74, 6) is 2.93. The lowest BCUT2D eigenvalue weighted by Crippen LogP contribution is -2.07. The third-order valence-electron chi connectivity index (χ3n) is 6.94. The van der Waals surface area contributed by atoms with E-state index in [4.69, 9.17) is 41.9 Å². The third-order valence-corrected chi connectivity index (χ3v) is 6.94. The number of hydrogen-bond acceptors (Lipinski definition) is 8. The normalized spacial score (nSPS) is 10.9. The molecule has 0 aliphatic rings. The number of nitrogens with two attached hydrogens (primary N) is 4. The Kier molecular flexibility index (Phi) is 13.4. The van der Waals surface area contributed by atoms with Crippen LogP contribution < -0.4 is 41.9 Å². The zero-order chi connectivity index (χ0) is 31.0. The van der Waals surface area contributed by atoms with E-state index >= 15 is 0 Å². The maximum Gasteiger partial charge on any atom is 0.123 e. The van der Waals surface area contributed by atoms with Crippen molar-refractivity contribution >= 4 is 0 Å². The summed E-state index contributed by atoms with van der Waals surface area (Å²) in [7, 11) is 0. The standard InChI is InChI=1S/C36H46N4O4/c37-10-4-14-41-33-21-31(22-34(25-33)42-15-5-11-38)29-18-28(27-8-2-1-3-9-27)19-30(20-29)32-23-35(43-16-6-12-39)26-36(24-32)44-17-7-13-40/h1-3,8-9,18-26H,4-7,10-17,37-40H2. The summed E-state index contributed by atoms with van der Waals surface area (Å²) < 4.78 is 24.3. The van der Waals surface area contributed by atoms with Gasteiger partial charge in [0.2, 0.25) is 0 Å². The van der Waals surface area contributed by atoms with E-state index in [9.17, 15) is 0 Å². The molecule has 0 atom stereocenters. The van der Waals surface area contributed by atoms with E-state index < -0.39 is 0 Å². The minimum atomic E-state index is 0.529. The molecule has 0 aromatic heterocycles. The van der Waals surface area contributed by atoms with Gasteiger partial charge in [-0.2, -0.15) is 0 Å². The van der Waals surface area contributed by atoms with E-state index in [-0.39, 0.29) is 0 Å². The summed E-state index contributed by atoms with van der Waals surface area (Å²) in [5.41, 5.74) is 29.0. The quantitative estimate of drug-likeness (QED) is 0.102. The molecule has 0 radical (unpaired) electrons. The summed E-state index contributed by atoms with van der Waals surface area (Å²) in [4.78, 5) is 0. The van der Waals surface area contributed by atoms with E-state index in [1.165, 1.54) is 0 Å². The van der Waals surface area contributed by atoms with E-state index in [1.54, 1.807) is 0 Å². The van der Waals surface area contributed by atoms with Gasteiger partial charge >= 0.3 is 0 Å². The second-order valence-corrected chi connectivity index (χ2v) is 10.5. The van der Waals surface area contributed by atoms with Gasteiger partial charge in [-0.05, 0) is 128 Å². The van der Waals surface area contributed by atoms with Crippen molar-refractivity contribution in [1.82, 2.24) is 0 Å². The molecule has 8 heteroatoms. The summed E-state index contributed by atoms with van der Waals surface area (Å²) in [6.07, 6.45) is 3.06. The zero-order valence-corrected chi connectivity index (χ0v) is 25.5. The average Bonchev–Trinajstić information content (AvgIpc) is 3.05. The maximum atomic E-state index is 6.07. The van der Waals surface area contributed by atoms with Crippen LogP contribution in [-0.4, -0.2) is 52.6 Å². The van der Waals surface area contributed by atoms with E-state index in [2.05, 4.69) is 30.3 Å². The number of rotatable bonds is 19. The molecule has 0 saturated heterocycles. The van der Waals surface area contributed by atoms with Gasteiger partial charge in [0, 0.05) is 12.1 Å². The van der Waals surface area contributed by atoms with Crippen LogP contribution >= 0.6 is 0 Å². The monoisotopic (exact) mass is 598 g/mol. The Bertz CT molecular complexity index is 1290. The van der Waals surface area contributed by atoms with Crippen molar-refractivity contribution in [3.05, 3.63) is 84.9 Å². The highest BCUT2D eigenvalue weighted by Gasteiger charge is 2.13. The topological polar surface area (TPSA) is 141 Å². The second kappa shape index (κ2) is 17.9. The van der Waals surface area contributed by atoms with Crippen molar-refractivity contribution in [3.8, 4) is 56.4 Å². The van der Waals surface area contributed by atoms with Gasteiger partial charge in [-0.1, -0.05) is 30.3 Å². The predicted octanol–water partition coefficient (Wildman–Crippen LogP) is 5.60. The van der Waals surface area contributed by atoms with Crippen LogP contribution in [0.1, 0.15) is 25.7 Å². The van der Waals surface area contributed by atoms with Gasteiger partial charge in [-0.15, -0.1) is 0 Å². The third kappa shape index (κ3) is 9.99. The predicted molar refractivity (Wildman–Crippen MR) is 179 cm³/mol. The lowest BCUT2D eigenvalue weighted by molar-refractivity contribution is 0.298. The Balaban J connectivity index is 1.82. The first kappa shape index (κ1) is 32.8. The molecule has 0 heterocycles. The van der Waals surface area contributed by atoms with Crippen LogP contribution in [0.4, 0.5) is 0 Å². The molecule has 0 saturated carbocycles. The van der Waals surface area contributed by atoms with Crippen molar-refractivity contribution in [2.75, 3.05) is 52.6 Å². The fourth-order valence-electron chi connectivity index (χ4n) is 4.66. The lowest BCUT2D eigenvalue weighted by Gasteiger charge is -2.16. The molecule has 8 N–H and O–H groups in total. The Morgan fingerprint density at radius 3 is 0.955 bits per heavy atom. The Hall–Kier alpha value is -4.08. The van der Waals surface area contributed by atoms with Gasteiger partial charge in [-0.25, -0.2) is 0 Å². The van der Waals surface area contributed by atoms with E-state index in [0.717, 1.165) is 82.1 Å². The van der Waals surface area contributed by atoms with Crippen LogP contribution in [0.25, 0.3) is 33.4 Å². The average molecular weight is 599 g/mol. The van der Waals surface area contributed by atoms with Crippen LogP contribution in [0.2, 0.25) is 0 Å². The number of hydrogen-bond donors (Lipinski definition) is 4. The molecule has 0 fully saturated rings. The summed E-state index contributed by atoms with van der Waals surface area (Å²) in [5, 5.41) is 0.